The number of aliphatic carboxylic acids is 1. The molecule has 1 aromatic heterocycles. The third-order valence-corrected chi connectivity index (χ3v) is 9.00. The number of rotatable bonds is 7. The van der Waals surface area contributed by atoms with Crippen LogP contribution in [0.2, 0.25) is 0 Å². The van der Waals surface area contributed by atoms with Gasteiger partial charge in [0.15, 0.2) is 6.10 Å². The van der Waals surface area contributed by atoms with Gasteiger partial charge in [0.2, 0.25) is 0 Å². The molecule has 7 heteroatoms. The first-order valence-electron chi connectivity index (χ1n) is 15.8. The summed E-state index contributed by atoms with van der Waals surface area (Å²) in [6, 6.07) is 11.6. The van der Waals surface area contributed by atoms with Gasteiger partial charge < -0.3 is 19.5 Å². The molecule has 1 saturated heterocycles. The van der Waals surface area contributed by atoms with Crippen molar-refractivity contribution in [3.8, 4) is 16.9 Å². The van der Waals surface area contributed by atoms with E-state index in [1.165, 1.54) is 0 Å². The molecule has 6 nitrogen and oxygen atoms in total. The Balaban J connectivity index is 1.56. The van der Waals surface area contributed by atoms with Crippen LogP contribution in [0.25, 0.3) is 11.1 Å². The minimum absolute atomic E-state index is 0.0990. The van der Waals surface area contributed by atoms with Gasteiger partial charge in [-0.1, -0.05) is 32.0 Å². The van der Waals surface area contributed by atoms with Crippen LogP contribution in [0.1, 0.15) is 93.6 Å². The van der Waals surface area contributed by atoms with Gasteiger partial charge in [0.05, 0.1) is 11.3 Å². The van der Waals surface area contributed by atoms with E-state index in [0.29, 0.717) is 23.2 Å². The molecule has 3 aromatic rings. The van der Waals surface area contributed by atoms with Crippen molar-refractivity contribution < 1.29 is 23.8 Å². The van der Waals surface area contributed by atoms with Crippen molar-refractivity contribution >= 4 is 11.7 Å². The fourth-order valence-electron chi connectivity index (χ4n) is 6.56. The molecular formula is C37H47FN2O4. The van der Waals surface area contributed by atoms with Crippen molar-refractivity contribution in [1.29, 1.82) is 0 Å². The highest BCUT2D eigenvalue weighted by molar-refractivity contribution is 5.88. The summed E-state index contributed by atoms with van der Waals surface area (Å²) < 4.78 is 27.2. The molecule has 0 radical (unpaired) electrons. The maximum absolute atomic E-state index is 14.6. The number of halogens is 1. The average Bonchev–Trinajstić information content (AvgIpc) is 2.92. The monoisotopic (exact) mass is 602 g/mol. The van der Waals surface area contributed by atoms with Crippen molar-refractivity contribution in [1.82, 2.24) is 4.98 Å². The Bertz CT molecular complexity index is 1550. The van der Waals surface area contributed by atoms with Crippen LogP contribution in [-0.2, 0) is 22.4 Å². The number of piperidine rings is 1. The minimum Gasteiger partial charge on any atom is -0.490 e. The molecular weight excluding hydrogens is 555 g/mol. The molecule has 236 valence electrons. The highest BCUT2D eigenvalue weighted by atomic mass is 19.1. The van der Waals surface area contributed by atoms with Crippen LogP contribution in [-0.4, -0.2) is 40.9 Å². The molecule has 2 aromatic carbocycles. The van der Waals surface area contributed by atoms with Gasteiger partial charge in [-0.05, 0) is 113 Å². The van der Waals surface area contributed by atoms with Crippen molar-refractivity contribution in [2.24, 2.45) is 5.41 Å². The van der Waals surface area contributed by atoms with Crippen LogP contribution < -0.4 is 9.64 Å². The summed E-state index contributed by atoms with van der Waals surface area (Å²) in [6.45, 7) is 17.7. The molecule has 0 aliphatic carbocycles. The molecule has 0 amide bonds. The molecule has 2 aliphatic rings. The van der Waals surface area contributed by atoms with Gasteiger partial charge in [0.1, 0.15) is 17.7 Å². The van der Waals surface area contributed by atoms with E-state index in [0.717, 1.165) is 78.2 Å². The molecule has 5 rings (SSSR count). The molecule has 1 unspecified atom stereocenters. The zero-order chi connectivity index (χ0) is 32.0. The quantitative estimate of drug-likeness (QED) is 0.293. The van der Waals surface area contributed by atoms with Crippen molar-refractivity contribution in [3.05, 3.63) is 75.9 Å². The second kappa shape index (κ2) is 12.2. The average molecular weight is 603 g/mol. The Labute approximate surface area is 261 Å². The fraction of sp³-hybridized carbons (Fsp3) is 0.514. The van der Waals surface area contributed by atoms with Gasteiger partial charge >= 0.3 is 5.97 Å². The van der Waals surface area contributed by atoms with Gasteiger partial charge in [-0.2, -0.15) is 0 Å². The maximum atomic E-state index is 14.6. The molecule has 1 fully saturated rings. The number of aryl methyl sites for hydroxylation is 4. The predicted molar refractivity (Wildman–Crippen MR) is 173 cm³/mol. The van der Waals surface area contributed by atoms with E-state index in [1.54, 1.807) is 6.07 Å². The zero-order valence-corrected chi connectivity index (χ0v) is 27.5. The van der Waals surface area contributed by atoms with Crippen LogP contribution >= 0.6 is 0 Å². The Hall–Kier alpha value is -3.45. The van der Waals surface area contributed by atoms with Crippen molar-refractivity contribution in [3.63, 3.8) is 0 Å². The maximum Gasteiger partial charge on any atom is 0.337 e. The number of hydrogen-bond acceptors (Lipinski definition) is 5. The molecule has 0 bridgehead atoms. The molecule has 2 aliphatic heterocycles. The van der Waals surface area contributed by atoms with Gasteiger partial charge in [-0.15, -0.1) is 0 Å². The SMILES string of the molecule is Cc1ccc(C[C@H]2CCc3cc(-c4c(C)nc(C)c(C(OC(C)(C)C)C(=O)O)c4N4CCC(C)(C)CC4)ccc3O2)c(F)c1. The second-order valence-corrected chi connectivity index (χ2v) is 14.4. The number of aromatic nitrogens is 1. The van der Waals surface area contributed by atoms with Crippen molar-refractivity contribution in [2.75, 3.05) is 18.0 Å². The van der Waals surface area contributed by atoms with Gasteiger partial charge in [-0.3, -0.25) is 4.98 Å². The smallest absolute Gasteiger partial charge is 0.337 e. The summed E-state index contributed by atoms with van der Waals surface area (Å²) in [7, 11) is 0. The highest BCUT2D eigenvalue weighted by Crippen LogP contribution is 2.46. The lowest BCUT2D eigenvalue weighted by Gasteiger charge is -2.41. The summed E-state index contributed by atoms with van der Waals surface area (Å²) in [6.07, 6.45) is 2.88. The lowest BCUT2D eigenvalue weighted by atomic mass is 9.81. The molecule has 3 heterocycles. The lowest BCUT2D eigenvalue weighted by Crippen LogP contribution is -2.39. The number of carbonyl (C=O) groups is 1. The van der Waals surface area contributed by atoms with Crippen LogP contribution in [0, 0.1) is 32.0 Å². The van der Waals surface area contributed by atoms with Crippen LogP contribution in [0.5, 0.6) is 5.75 Å². The van der Waals surface area contributed by atoms with Gasteiger partial charge in [0.25, 0.3) is 0 Å². The van der Waals surface area contributed by atoms with E-state index in [4.69, 9.17) is 14.5 Å². The van der Waals surface area contributed by atoms with E-state index < -0.39 is 17.7 Å². The normalized spacial score (nSPS) is 18.8. The van der Waals surface area contributed by atoms with Gasteiger partial charge in [-0.25, -0.2) is 9.18 Å². The van der Waals surface area contributed by atoms with Gasteiger partial charge in [0, 0.05) is 42.0 Å². The molecule has 0 saturated carbocycles. The summed E-state index contributed by atoms with van der Waals surface area (Å²) >= 11 is 0. The Kier molecular flexibility index (Phi) is 8.83. The number of carboxylic acid groups (broad SMARTS) is 1. The van der Waals surface area contributed by atoms with Crippen LogP contribution in [0.3, 0.4) is 0 Å². The van der Waals surface area contributed by atoms with E-state index in [1.807, 2.05) is 59.7 Å². The minimum atomic E-state index is -1.16. The van der Waals surface area contributed by atoms with Crippen molar-refractivity contribution in [2.45, 2.75) is 105 Å². The molecule has 1 N–H and O–H groups in total. The third kappa shape index (κ3) is 6.93. The van der Waals surface area contributed by atoms with Crippen LogP contribution in [0.15, 0.2) is 36.4 Å². The standard InChI is InChI=1S/C37H47FN2O4/c1-22-9-10-25(29(38)19-22)21-28-13-11-26-20-27(12-14-30(26)43-28)31-23(2)39-24(3)32(34(35(41)42)44-36(4,5)6)33(31)40-17-15-37(7,8)16-18-40/h9-10,12,14,19-20,28,34H,11,13,15-18,21H2,1-8H3,(H,41,42)/t28-,34?/m1/s1. The lowest BCUT2D eigenvalue weighted by molar-refractivity contribution is -0.160. The molecule has 0 spiro atoms. The Morgan fingerprint density at radius 2 is 1.82 bits per heavy atom. The highest BCUT2D eigenvalue weighted by Gasteiger charge is 2.36. The topological polar surface area (TPSA) is 71.9 Å². The second-order valence-electron chi connectivity index (χ2n) is 14.4. The summed E-state index contributed by atoms with van der Waals surface area (Å²) in [5, 5.41) is 10.5. The zero-order valence-electron chi connectivity index (χ0n) is 27.5. The first-order chi connectivity index (χ1) is 20.6. The largest absolute Gasteiger partial charge is 0.490 e. The number of pyridine rings is 1. The third-order valence-electron chi connectivity index (χ3n) is 9.00. The number of benzene rings is 2. The van der Waals surface area contributed by atoms with E-state index in [-0.39, 0.29) is 17.3 Å². The van der Waals surface area contributed by atoms with E-state index >= 15 is 0 Å². The first kappa shape index (κ1) is 32.0. The fourth-order valence-corrected chi connectivity index (χ4v) is 6.56. The van der Waals surface area contributed by atoms with E-state index in [2.05, 4.69) is 30.9 Å². The Morgan fingerprint density at radius 1 is 1.11 bits per heavy atom. The van der Waals surface area contributed by atoms with Crippen LogP contribution in [0.4, 0.5) is 10.1 Å². The number of anilines is 1. The molecule has 44 heavy (non-hydrogen) atoms. The summed E-state index contributed by atoms with van der Waals surface area (Å²) in [4.78, 5) is 20.0. The summed E-state index contributed by atoms with van der Waals surface area (Å²) in [5.41, 5.74) is 7.24. The summed E-state index contributed by atoms with van der Waals surface area (Å²) in [5.74, 6) is -0.388. The number of hydrogen-bond donors (Lipinski definition) is 1. The number of ether oxygens (including phenoxy) is 2. The predicted octanol–water partition coefficient (Wildman–Crippen LogP) is 8.32. The number of carboxylic acids is 1. The Morgan fingerprint density at radius 3 is 2.45 bits per heavy atom. The number of fused-ring (bicyclic) bond motifs is 1. The molecule has 2 atom stereocenters. The number of nitrogens with zero attached hydrogens (tertiary/aromatic N) is 2. The van der Waals surface area contributed by atoms with E-state index in [9.17, 15) is 14.3 Å². The first-order valence-corrected chi connectivity index (χ1v) is 15.8.